The minimum absolute atomic E-state index is 0.00805. The summed E-state index contributed by atoms with van der Waals surface area (Å²) >= 11 is 0. The van der Waals surface area contributed by atoms with E-state index in [2.05, 4.69) is 5.32 Å². The molecule has 1 N–H and O–H groups in total. The summed E-state index contributed by atoms with van der Waals surface area (Å²) in [6.45, 7) is 1.85. The third kappa shape index (κ3) is 2.82. The van der Waals surface area contributed by atoms with Gasteiger partial charge in [0, 0.05) is 5.69 Å². The molecule has 0 spiro atoms. The van der Waals surface area contributed by atoms with Crippen LogP contribution in [0.1, 0.15) is 5.56 Å². The molecule has 2 aromatic rings. The quantitative estimate of drug-likeness (QED) is 0.671. The third-order valence-electron chi connectivity index (χ3n) is 2.76. The fourth-order valence-corrected chi connectivity index (χ4v) is 1.83. The topological polar surface area (TPSA) is 64.4 Å². The molecule has 0 heterocycles. The first-order valence-electron chi connectivity index (χ1n) is 5.77. The Bertz CT molecular complexity index is 597. The lowest BCUT2D eigenvalue weighted by molar-refractivity contribution is -0.384. The van der Waals surface area contributed by atoms with Gasteiger partial charge >= 0.3 is 0 Å². The predicted molar refractivity (Wildman–Crippen MR) is 74.1 cm³/mol. The second-order valence-corrected chi connectivity index (χ2v) is 4.09. The molecule has 0 aliphatic rings. The maximum Gasteiger partial charge on any atom is 0.296 e. The molecule has 0 saturated carbocycles. The molecule has 0 aliphatic heterocycles. The second-order valence-electron chi connectivity index (χ2n) is 4.09. The van der Waals surface area contributed by atoms with E-state index in [0.29, 0.717) is 11.4 Å². The van der Waals surface area contributed by atoms with E-state index in [1.165, 1.54) is 13.2 Å². The summed E-state index contributed by atoms with van der Waals surface area (Å²) in [5, 5.41) is 14.2. The molecule has 0 fully saturated rings. The van der Waals surface area contributed by atoms with Gasteiger partial charge in [0.2, 0.25) is 0 Å². The van der Waals surface area contributed by atoms with Crippen molar-refractivity contribution in [3.05, 3.63) is 58.1 Å². The van der Waals surface area contributed by atoms with Gasteiger partial charge in [-0.2, -0.15) is 0 Å². The third-order valence-corrected chi connectivity index (χ3v) is 2.76. The van der Waals surface area contributed by atoms with E-state index in [0.717, 1.165) is 11.3 Å². The fourth-order valence-electron chi connectivity index (χ4n) is 1.83. The first kappa shape index (κ1) is 12.9. The van der Waals surface area contributed by atoms with Gasteiger partial charge < -0.3 is 10.1 Å². The Balaban J connectivity index is 2.44. The van der Waals surface area contributed by atoms with Crippen LogP contribution in [-0.4, -0.2) is 12.0 Å². The number of hydrogen-bond acceptors (Lipinski definition) is 4. The van der Waals surface area contributed by atoms with Crippen molar-refractivity contribution in [3.8, 4) is 5.75 Å². The first-order chi connectivity index (χ1) is 9.11. The normalized spacial score (nSPS) is 10.0. The molecule has 19 heavy (non-hydrogen) atoms. The van der Waals surface area contributed by atoms with Crippen LogP contribution in [0.25, 0.3) is 0 Å². The van der Waals surface area contributed by atoms with Gasteiger partial charge in [0.25, 0.3) is 5.69 Å². The van der Waals surface area contributed by atoms with Gasteiger partial charge in [-0.1, -0.05) is 18.2 Å². The molecule has 0 bridgehead atoms. The number of anilines is 2. The van der Waals surface area contributed by atoms with Crippen molar-refractivity contribution in [1.29, 1.82) is 0 Å². The second kappa shape index (κ2) is 5.39. The summed E-state index contributed by atoms with van der Waals surface area (Å²) < 4.78 is 5.11. The molecule has 2 aromatic carbocycles. The zero-order valence-electron chi connectivity index (χ0n) is 10.7. The largest absolute Gasteiger partial charge is 0.496 e. The molecule has 0 atom stereocenters. The SMILES string of the molecule is COc1cc([N+](=O)[O-])c(Nc2ccccc2)cc1C. The van der Waals surface area contributed by atoms with Crippen LogP contribution in [0, 0.1) is 17.0 Å². The van der Waals surface area contributed by atoms with Crippen LogP contribution in [0.5, 0.6) is 5.75 Å². The van der Waals surface area contributed by atoms with Crippen LogP contribution in [0.2, 0.25) is 0 Å². The smallest absolute Gasteiger partial charge is 0.296 e. The standard InChI is InChI=1S/C14H14N2O3/c1-10-8-12(15-11-6-4-3-5-7-11)13(16(17)18)9-14(10)19-2/h3-9,15H,1-2H3. The van der Waals surface area contributed by atoms with Crippen molar-refractivity contribution >= 4 is 17.1 Å². The summed E-state index contributed by atoms with van der Waals surface area (Å²) in [6, 6.07) is 12.5. The molecule has 0 unspecified atom stereocenters. The Labute approximate surface area is 111 Å². The molecular weight excluding hydrogens is 244 g/mol. The van der Waals surface area contributed by atoms with Crippen molar-refractivity contribution in [2.45, 2.75) is 6.92 Å². The summed E-state index contributed by atoms with van der Waals surface area (Å²) in [5.41, 5.74) is 2.09. The molecule has 98 valence electrons. The highest BCUT2D eigenvalue weighted by molar-refractivity contribution is 5.72. The van der Waals surface area contributed by atoms with Gasteiger partial charge in [0.1, 0.15) is 11.4 Å². The molecule has 0 radical (unpaired) electrons. The lowest BCUT2D eigenvalue weighted by Crippen LogP contribution is -1.99. The number of nitro groups is 1. The summed E-state index contributed by atoms with van der Waals surface area (Å²) in [4.78, 5) is 10.7. The van der Waals surface area contributed by atoms with Crippen molar-refractivity contribution in [2.75, 3.05) is 12.4 Å². The van der Waals surface area contributed by atoms with Crippen LogP contribution < -0.4 is 10.1 Å². The lowest BCUT2D eigenvalue weighted by Gasteiger charge is -2.10. The zero-order chi connectivity index (χ0) is 13.8. The van der Waals surface area contributed by atoms with Crippen LogP contribution in [-0.2, 0) is 0 Å². The number of para-hydroxylation sites is 1. The number of benzene rings is 2. The fraction of sp³-hybridized carbons (Fsp3) is 0.143. The summed E-state index contributed by atoms with van der Waals surface area (Å²) in [7, 11) is 1.50. The van der Waals surface area contributed by atoms with Gasteiger partial charge in [0.05, 0.1) is 18.1 Å². The van der Waals surface area contributed by atoms with Crippen LogP contribution in [0.3, 0.4) is 0 Å². The molecule has 0 aromatic heterocycles. The van der Waals surface area contributed by atoms with Crippen molar-refractivity contribution in [3.63, 3.8) is 0 Å². The van der Waals surface area contributed by atoms with Gasteiger partial charge in [-0.25, -0.2) is 0 Å². The molecule has 0 saturated heterocycles. The Hall–Kier alpha value is -2.56. The van der Waals surface area contributed by atoms with Crippen LogP contribution in [0.4, 0.5) is 17.1 Å². The average Bonchev–Trinajstić information content (AvgIpc) is 2.39. The van der Waals surface area contributed by atoms with Gasteiger partial charge in [0.15, 0.2) is 0 Å². The first-order valence-corrected chi connectivity index (χ1v) is 5.77. The van der Waals surface area contributed by atoms with E-state index in [1.54, 1.807) is 6.07 Å². The number of ether oxygens (including phenoxy) is 1. The minimum atomic E-state index is -0.423. The number of nitro benzene ring substituents is 1. The van der Waals surface area contributed by atoms with Crippen LogP contribution in [0.15, 0.2) is 42.5 Å². The summed E-state index contributed by atoms with van der Waals surface area (Å²) in [5.74, 6) is 0.505. The number of nitrogens with zero attached hydrogens (tertiary/aromatic N) is 1. The van der Waals surface area contributed by atoms with E-state index >= 15 is 0 Å². The monoisotopic (exact) mass is 258 g/mol. The van der Waals surface area contributed by atoms with E-state index in [9.17, 15) is 10.1 Å². The van der Waals surface area contributed by atoms with Crippen LogP contribution >= 0.6 is 0 Å². The Morgan fingerprint density at radius 2 is 1.89 bits per heavy atom. The van der Waals surface area contributed by atoms with E-state index in [4.69, 9.17) is 4.74 Å². The number of hydrogen-bond donors (Lipinski definition) is 1. The van der Waals surface area contributed by atoms with Crippen molar-refractivity contribution in [1.82, 2.24) is 0 Å². The van der Waals surface area contributed by atoms with Crippen molar-refractivity contribution < 1.29 is 9.66 Å². The van der Waals surface area contributed by atoms with Gasteiger partial charge in [-0.05, 0) is 30.7 Å². The number of methoxy groups -OCH3 is 1. The molecule has 0 aliphatic carbocycles. The molecule has 5 heteroatoms. The summed E-state index contributed by atoms with van der Waals surface area (Å²) in [6.07, 6.45) is 0. The van der Waals surface area contributed by atoms with E-state index in [-0.39, 0.29) is 5.69 Å². The number of aryl methyl sites for hydroxylation is 1. The van der Waals surface area contributed by atoms with E-state index in [1.807, 2.05) is 37.3 Å². The number of nitrogens with one attached hydrogen (secondary N) is 1. The zero-order valence-corrected chi connectivity index (χ0v) is 10.7. The Morgan fingerprint density at radius 1 is 1.21 bits per heavy atom. The molecule has 5 nitrogen and oxygen atoms in total. The van der Waals surface area contributed by atoms with E-state index < -0.39 is 4.92 Å². The predicted octanol–water partition coefficient (Wildman–Crippen LogP) is 3.66. The van der Waals surface area contributed by atoms with Gasteiger partial charge in [-0.15, -0.1) is 0 Å². The Morgan fingerprint density at radius 3 is 2.47 bits per heavy atom. The van der Waals surface area contributed by atoms with Crippen molar-refractivity contribution in [2.24, 2.45) is 0 Å². The molecule has 2 rings (SSSR count). The maximum absolute atomic E-state index is 11.1. The minimum Gasteiger partial charge on any atom is -0.496 e. The molecule has 0 amide bonds. The maximum atomic E-state index is 11.1. The highest BCUT2D eigenvalue weighted by Gasteiger charge is 2.17. The number of rotatable bonds is 4. The Kier molecular flexibility index (Phi) is 3.66. The van der Waals surface area contributed by atoms with Gasteiger partial charge in [-0.3, -0.25) is 10.1 Å². The molecular formula is C14H14N2O3. The lowest BCUT2D eigenvalue weighted by atomic mass is 10.1. The highest BCUT2D eigenvalue weighted by atomic mass is 16.6. The average molecular weight is 258 g/mol. The highest BCUT2D eigenvalue weighted by Crippen LogP contribution is 2.34.